The van der Waals surface area contributed by atoms with Crippen LogP contribution in [-0.2, 0) is 0 Å². The van der Waals surface area contributed by atoms with Gasteiger partial charge in [0.1, 0.15) is 6.26 Å². The van der Waals surface area contributed by atoms with Gasteiger partial charge in [0, 0.05) is 6.92 Å². The van der Waals surface area contributed by atoms with E-state index < -0.39 is 0 Å². The van der Waals surface area contributed by atoms with Gasteiger partial charge >= 0.3 is 0 Å². The second kappa shape index (κ2) is 4.13. The Labute approximate surface area is 55.9 Å². The van der Waals surface area contributed by atoms with Crippen LogP contribution in [0.25, 0.3) is 0 Å². The minimum atomic E-state index is 0.734. The van der Waals surface area contributed by atoms with Gasteiger partial charge in [-0.3, -0.25) is 0 Å². The summed E-state index contributed by atoms with van der Waals surface area (Å²) in [6.07, 6.45) is 1.63. The zero-order valence-electron chi connectivity index (χ0n) is 6.43. The molecule has 1 heterocycles. The lowest BCUT2D eigenvalue weighted by Gasteiger charge is -1.68. The topological polar surface area (TPSA) is 26.0 Å². The van der Waals surface area contributed by atoms with E-state index in [2.05, 4.69) is 4.98 Å². The van der Waals surface area contributed by atoms with Crippen molar-refractivity contribution in [1.29, 1.82) is 0 Å². The predicted molar refractivity (Wildman–Crippen MR) is 37.3 cm³/mol. The average Bonchev–Trinajstić information content (AvgIpc) is 2.20. The second-order valence-corrected chi connectivity index (χ2v) is 1.51. The van der Waals surface area contributed by atoms with Crippen molar-refractivity contribution in [2.24, 2.45) is 0 Å². The summed E-state index contributed by atoms with van der Waals surface area (Å²) in [4.78, 5) is 3.94. The molecule has 1 aromatic rings. The van der Waals surface area contributed by atoms with Crippen molar-refractivity contribution < 1.29 is 4.42 Å². The maximum atomic E-state index is 4.85. The van der Waals surface area contributed by atoms with Gasteiger partial charge in [0.15, 0.2) is 5.89 Å². The highest BCUT2D eigenvalue weighted by Crippen LogP contribution is 1.95. The summed E-state index contributed by atoms with van der Waals surface area (Å²) in [6, 6.07) is 0. The molecule has 0 atom stereocenters. The first-order valence-electron chi connectivity index (χ1n) is 3.18. The molecule has 1 aromatic heterocycles. The van der Waals surface area contributed by atoms with E-state index in [-0.39, 0.29) is 0 Å². The highest BCUT2D eigenvalue weighted by Gasteiger charge is 1.87. The third-order valence-corrected chi connectivity index (χ3v) is 0.734. The molecule has 0 radical (unpaired) electrons. The Morgan fingerprint density at radius 2 is 1.89 bits per heavy atom. The molecule has 0 spiro atoms. The summed E-state index contributed by atoms with van der Waals surface area (Å²) in [6.45, 7) is 7.73. The van der Waals surface area contributed by atoms with Crippen molar-refractivity contribution in [3.05, 3.63) is 17.8 Å². The van der Waals surface area contributed by atoms with Crippen LogP contribution in [0.3, 0.4) is 0 Å². The molecule has 1 rings (SSSR count). The van der Waals surface area contributed by atoms with E-state index in [0.717, 1.165) is 11.6 Å². The summed E-state index contributed by atoms with van der Waals surface area (Å²) in [5.41, 5.74) is 0.942. The fraction of sp³-hybridized carbons (Fsp3) is 0.571. The SMILES string of the molecule is CC.Cc1coc(C)n1. The molecule has 0 saturated heterocycles. The molecule has 0 aromatic carbocycles. The van der Waals surface area contributed by atoms with Crippen LogP contribution in [0.2, 0.25) is 0 Å². The molecule has 0 amide bonds. The smallest absolute Gasteiger partial charge is 0.191 e. The monoisotopic (exact) mass is 127 g/mol. The third-order valence-electron chi connectivity index (χ3n) is 0.734. The van der Waals surface area contributed by atoms with Gasteiger partial charge in [0.25, 0.3) is 0 Å². The second-order valence-electron chi connectivity index (χ2n) is 1.51. The third kappa shape index (κ3) is 2.90. The normalized spacial score (nSPS) is 8.00. The maximum absolute atomic E-state index is 4.85. The molecular formula is C7H13NO. The Bertz CT molecular complexity index is 141. The van der Waals surface area contributed by atoms with E-state index in [0.29, 0.717) is 0 Å². The van der Waals surface area contributed by atoms with Crippen molar-refractivity contribution in [3.8, 4) is 0 Å². The number of oxazole rings is 1. The molecule has 0 aliphatic carbocycles. The minimum absolute atomic E-state index is 0.734. The van der Waals surface area contributed by atoms with E-state index in [9.17, 15) is 0 Å². The van der Waals surface area contributed by atoms with Gasteiger partial charge in [-0.05, 0) is 6.92 Å². The molecule has 0 bridgehead atoms. The number of hydrogen-bond acceptors (Lipinski definition) is 2. The largest absolute Gasteiger partial charge is 0.449 e. The van der Waals surface area contributed by atoms with E-state index in [4.69, 9.17) is 4.42 Å². The quantitative estimate of drug-likeness (QED) is 0.534. The van der Waals surface area contributed by atoms with Crippen LogP contribution in [0.1, 0.15) is 25.4 Å². The maximum Gasteiger partial charge on any atom is 0.191 e. The van der Waals surface area contributed by atoms with Crippen molar-refractivity contribution >= 4 is 0 Å². The molecular weight excluding hydrogens is 114 g/mol. The zero-order valence-corrected chi connectivity index (χ0v) is 6.43. The number of nitrogens with zero attached hydrogens (tertiary/aromatic N) is 1. The molecule has 0 unspecified atom stereocenters. The average molecular weight is 127 g/mol. The molecule has 0 N–H and O–H groups in total. The fourth-order valence-corrected chi connectivity index (χ4v) is 0.472. The van der Waals surface area contributed by atoms with Gasteiger partial charge in [-0.1, -0.05) is 13.8 Å². The van der Waals surface area contributed by atoms with Crippen LogP contribution in [-0.4, -0.2) is 4.98 Å². The standard InChI is InChI=1S/C5H7NO.C2H6/c1-4-3-7-5(2)6-4;1-2/h3H,1-2H3;1-2H3. The highest BCUT2D eigenvalue weighted by atomic mass is 16.3. The van der Waals surface area contributed by atoms with Crippen molar-refractivity contribution in [1.82, 2.24) is 4.98 Å². The van der Waals surface area contributed by atoms with Crippen LogP contribution >= 0.6 is 0 Å². The molecule has 2 heteroatoms. The van der Waals surface area contributed by atoms with Crippen molar-refractivity contribution in [2.45, 2.75) is 27.7 Å². The Morgan fingerprint density at radius 1 is 1.33 bits per heavy atom. The first-order valence-corrected chi connectivity index (χ1v) is 3.18. The van der Waals surface area contributed by atoms with Crippen LogP contribution in [0.5, 0.6) is 0 Å². The molecule has 0 fully saturated rings. The van der Waals surface area contributed by atoms with Gasteiger partial charge in [-0.2, -0.15) is 0 Å². The Kier molecular flexibility index (Phi) is 3.76. The van der Waals surface area contributed by atoms with Crippen LogP contribution < -0.4 is 0 Å². The fourth-order valence-electron chi connectivity index (χ4n) is 0.472. The summed E-state index contributed by atoms with van der Waals surface area (Å²) < 4.78 is 4.85. The molecule has 0 aliphatic rings. The van der Waals surface area contributed by atoms with Crippen LogP contribution in [0.4, 0.5) is 0 Å². The van der Waals surface area contributed by atoms with Gasteiger partial charge < -0.3 is 4.42 Å². The highest BCUT2D eigenvalue weighted by molar-refractivity contribution is 4.89. The lowest BCUT2D eigenvalue weighted by atomic mass is 10.6. The van der Waals surface area contributed by atoms with Gasteiger partial charge in [-0.25, -0.2) is 4.98 Å². The number of hydrogen-bond donors (Lipinski definition) is 0. The summed E-state index contributed by atoms with van der Waals surface area (Å²) >= 11 is 0. The Hall–Kier alpha value is -0.790. The van der Waals surface area contributed by atoms with Crippen molar-refractivity contribution in [2.75, 3.05) is 0 Å². The van der Waals surface area contributed by atoms with Crippen LogP contribution in [0.15, 0.2) is 10.7 Å². The summed E-state index contributed by atoms with van der Waals surface area (Å²) in [5, 5.41) is 0. The first kappa shape index (κ1) is 8.21. The zero-order chi connectivity index (χ0) is 7.28. The number of aromatic nitrogens is 1. The van der Waals surface area contributed by atoms with E-state index in [1.807, 2.05) is 27.7 Å². The lowest BCUT2D eigenvalue weighted by molar-refractivity contribution is 0.521. The Morgan fingerprint density at radius 3 is 2.00 bits per heavy atom. The molecule has 0 saturated carbocycles. The van der Waals surface area contributed by atoms with E-state index >= 15 is 0 Å². The molecule has 52 valence electrons. The van der Waals surface area contributed by atoms with E-state index in [1.165, 1.54) is 0 Å². The molecule has 9 heavy (non-hydrogen) atoms. The van der Waals surface area contributed by atoms with Gasteiger partial charge in [-0.15, -0.1) is 0 Å². The summed E-state index contributed by atoms with van der Waals surface area (Å²) in [7, 11) is 0. The van der Waals surface area contributed by atoms with Gasteiger partial charge in [0.05, 0.1) is 5.69 Å². The minimum Gasteiger partial charge on any atom is -0.449 e. The van der Waals surface area contributed by atoms with E-state index in [1.54, 1.807) is 6.26 Å². The van der Waals surface area contributed by atoms with Crippen LogP contribution in [0, 0.1) is 13.8 Å². The first-order chi connectivity index (χ1) is 4.29. The number of aryl methyl sites for hydroxylation is 2. The number of rotatable bonds is 0. The molecule has 0 aliphatic heterocycles. The van der Waals surface area contributed by atoms with Crippen molar-refractivity contribution in [3.63, 3.8) is 0 Å². The Balaban J connectivity index is 0.000000291. The van der Waals surface area contributed by atoms with Gasteiger partial charge in [0.2, 0.25) is 0 Å². The lowest BCUT2D eigenvalue weighted by Crippen LogP contribution is -1.67. The predicted octanol–water partition coefficient (Wildman–Crippen LogP) is 2.32. The molecule has 2 nitrogen and oxygen atoms in total. The summed E-state index contributed by atoms with van der Waals surface area (Å²) in [5.74, 6) is 0.734.